The number of piperazine rings is 1. The number of anilines is 1. The van der Waals surface area contributed by atoms with Gasteiger partial charge in [-0.15, -0.1) is 0 Å². The fourth-order valence-electron chi connectivity index (χ4n) is 3.25. The maximum Gasteiger partial charge on any atom is 0.255 e. The van der Waals surface area contributed by atoms with Crippen molar-refractivity contribution in [2.45, 2.75) is 19.3 Å². The lowest BCUT2D eigenvalue weighted by molar-refractivity contribution is -0.136. The van der Waals surface area contributed by atoms with Crippen molar-refractivity contribution in [3.63, 3.8) is 0 Å². The van der Waals surface area contributed by atoms with Gasteiger partial charge in [0.15, 0.2) is 0 Å². The van der Waals surface area contributed by atoms with Crippen LogP contribution in [-0.2, 0) is 9.59 Å². The monoisotopic (exact) mass is 378 g/mol. The van der Waals surface area contributed by atoms with Gasteiger partial charge in [-0.3, -0.25) is 14.4 Å². The van der Waals surface area contributed by atoms with Crippen LogP contribution < -0.4 is 10.6 Å². The second kappa shape index (κ2) is 8.40. The predicted molar refractivity (Wildman–Crippen MR) is 99.3 cm³/mol. The lowest BCUT2D eigenvalue weighted by Gasteiger charge is -2.28. The third-order valence-corrected chi connectivity index (χ3v) is 4.91. The van der Waals surface area contributed by atoms with Crippen molar-refractivity contribution >= 4 is 35.0 Å². The lowest BCUT2D eigenvalue weighted by atomic mass is 10.1. The van der Waals surface area contributed by atoms with Crippen LogP contribution in [-0.4, -0.2) is 66.8 Å². The molecule has 1 aromatic rings. The minimum atomic E-state index is -0.184. The Balaban J connectivity index is 1.68. The molecule has 2 aliphatic heterocycles. The molecule has 2 aliphatic rings. The van der Waals surface area contributed by atoms with E-state index < -0.39 is 0 Å². The minimum absolute atomic E-state index is 0.00784. The Bertz CT molecular complexity index is 704. The van der Waals surface area contributed by atoms with E-state index in [0.717, 1.165) is 32.4 Å². The molecule has 7 nitrogen and oxygen atoms in total. The van der Waals surface area contributed by atoms with Gasteiger partial charge in [0.1, 0.15) is 0 Å². The molecule has 140 valence electrons. The zero-order chi connectivity index (χ0) is 18.5. The zero-order valence-electron chi connectivity index (χ0n) is 14.6. The highest BCUT2D eigenvalue weighted by Gasteiger charge is 2.23. The van der Waals surface area contributed by atoms with Gasteiger partial charge in [-0.05, 0) is 37.5 Å². The Labute approximate surface area is 157 Å². The largest absolute Gasteiger partial charge is 0.375 e. The fourth-order valence-corrected chi connectivity index (χ4v) is 3.42. The highest BCUT2D eigenvalue weighted by molar-refractivity contribution is 6.31. The standard InChI is InChI=1S/C18H23ClN4O3/c19-13-4-5-14(18(26)22-7-2-1-3-8-22)15(10-13)21-11-17(25)23-9-6-20-16(24)12-23/h4-5,10,21H,1-3,6-9,11-12H2,(H,20,24). The third kappa shape index (κ3) is 4.46. The Hall–Kier alpha value is -2.28. The van der Waals surface area contributed by atoms with Crippen LogP contribution in [0.15, 0.2) is 18.2 Å². The Morgan fingerprint density at radius 3 is 2.62 bits per heavy atom. The van der Waals surface area contributed by atoms with E-state index in [-0.39, 0.29) is 30.8 Å². The van der Waals surface area contributed by atoms with Crippen LogP contribution in [0.5, 0.6) is 0 Å². The predicted octanol–water partition coefficient (Wildman–Crippen LogP) is 1.34. The number of nitrogens with one attached hydrogen (secondary N) is 2. The molecular formula is C18H23ClN4O3. The normalized spacial score (nSPS) is 17.7. The van der Waals surface area contributed by atoms with E-state index in [1.54, 1.807) is 18.2 Å². The molecule has 0 aromatic heterocycles. The first kappa shape index (κ1) is 18.5. The maximum atomic E-state index is 12.8. The van der Waals surface area contributed by atoms with E-state index in [1.807, 2.05) is 4.90 Å². The van der Waals surface area contributed by atoms with Crippen LogP contribution in [0.3, 0.4) is 0 Å². The summed E-state index contributed by atoms with van der Waals surface area (Å²) in [6, 6.07) is 5.04. The van der Waals surface area contributed by atoms with Crippen molar-refractivity contribution in [2.24, 2.45) is 0 Å². The molecule has 0 aliphatic carbocycles. The van der Waals surface area contributed by atoms with Gasteiger partial charge in [0.2, 0.25) is 11.8 Å². The van der Waals surface area contributed by atoms with Crippen LogP contribution in [0.1, 0.15) is 29.6 Å². The number of rotatable bonds is 4. The topological polar surface area (TPSA) is 81.8 Å². The number of carbonyl (C=O) groups is 3. The van der Waals surface area contributed by atoms with Gasteiger partial charge in [-0.2, -0.15) is 0 Å². The number of hydrogen-bond acceptors (Lipinski definition) is 4. The van der Waals surface area contributed by atoms with Gasteiger partial charge in [-0.25, -0.2) is 0 Å². The molecule has 1 aromatic carbocycles. The van der Waals surface area contributed by atoms with Gasteiger partial charge in [0.25, 0.3) is 5.91 Å². The van der Waals surface area contributed by atoms with E-state index >= 15 is 0 Å². The first-order valence-corrected chi connectivity index (χ1v) is 9.29. The quantitative estimate of drug-likeness (QED) is 0.828. The molecule has 26 heavy (non-hydrogen) atoms. The van der Waals surface area contributed by atoms with Gasteiger partial charge in [-0.1, -0.05) is 11.6 Å². The second-order valence-corrected chi connectivity index (χ2v) is 7.00. The van der Waals surface area contributed by atoms with E-state index in [0.29, 0.717) is 29.4 Å². The molecule has 3 amide bonds. The Morgan fingerprint density at radius 2 is 1.88 bits per heavy atom. The lowest BCUT2D eigenvalue weighted by Crippen LogP contribution is -2.51. The zero-order valence-corrected chi connectivity index (χ0v) is 15.3. The summed E-state index contributed by atoms with van der Waals surface area (Å²) in [7, 11) is 0. The number of carbonyl (C=O) groups excluding carboxylic acids is 3. The van der Waals surface area contributed by atoms with Crippen molar-refractivity contribution in [1.82, 2.24) is 15.1 Å². The Morgan fingerprint density at radius 1 is 1.12 bits per heavy atom. The average Bonchev–Trinajstić information content (AvgIpc) is 2.66. The molecule has 0 radical (unpaired) electrons. The van der Waals surface area contributed by atoms with Crippen LogP contribution >= 0.6 is 11.6 Å². The number of hydrogen-bond donors (Lipinski definition) is 2. The molecule has 0 unspecified atom stereocenters. The average molecular weight is 379 g/mol. The van der Waals surface area contributed by atoms with Crippen molar-refractivity contribution in [1.29, 1.82) is 0 Å². The number of benzene rings is 1. The molecule has 8 heteroatoms. The molecule has 2 heterocycles. The van der Waals surface area contributed by atoms with Crippen LogP contribution in [0.2, 0.25) is 5.02 Å². The van der Waals surface area contributed by atoms with E-state index in [4.69, 9.17) is 11.6 Å². The fraction of sp³-hybridized carbons (Fsp3) is 0.500. The van der Waals surface area contributed by atoms with Gasteiger partial charge in [0, 0.05) is 36.9 Å². The summed E-state index contributed by atoms with van der Waals surface area (Å²) in [5, 5.41) is 6.21. The highest BCUT2D eigenvalue weighted by atomic mass is 35.5. The molecular weight excluding hydrogens is 356 g/mol. The summed E-state index contributed by atoms with van der Waals surface area (Å²) in [5.74, 6) is -0.391. The van der Waals surface area contributed by atoms with Crippen molar-refractivity contribution in [3.05, 3.63) is 28.8 Å². The van der Waals surface area contributed by atoms with Gasteiger partial charge < -0.3 is 20.4 Å². The first-order chi connectivity index (χ1) is 12.5. The summed E-state index contributed by atoms with van der Waals surface area (Å²) in [6.07, 6.45) is 3.17. The number of likely N-dealkylation sites (tertiary alicyclic amines) is 1. The second-order valence-electron chi connectivity index (χ2n) is 6.56. The number of amides is 3. The summed E-state index contributed by atoms with van der Waals surface area (Å²) in [6.45, 7) is 2.52. The Kier molecular flexibility index (Phi) is 5.98. The number of nitrogens with zero attached hydrogens (tertiary/aromatic N) is 2. The number of halogens is 1. The van der Waals surface area contributed by atoms with Crippen LogP contribution in [0, 0.1) is 0 Å². The third-order valence-electron chi connectivity index (χ3n) is 4.68. The van der Waals surface area contributed by atoms with E-state index in [9.17, 15) is 14.4 Å². The smallest absolute Gasteiger partial charge is 0.255 e. The molecule has 2 N–H and O–H groups in total. The molecule has 0 atom stereocenters. The molecule has 2 saturated heterocycles. The first-order valence-electron chi connectivity index (χ1n) is 8.92. The van der Waals surface area contributed by atoms with Crippen molar-refractivity contribution < 1.29 is 14.4 Å². The SMILES string of the molecule is O=C1CN(C(=O)CNc2cc(Cl)ccc2C(=O)N2CCCCC2)CCN1. The summed E-state index contributed by atoms with van der Waals surface area (Å²) in [5.41, 5.74) is 1.06. The van der Waals surface area contributed by atoms with Crippen LogP contribution in [0.25, 0.3) is 0 Å². The van der Waals surface area contributed by atoms with Crippen molar-refractivity contribution in [3.8, 4) is 0 Å². The number of piperidine rings is 1. The molecule has 3 rings (SSSR count). The molecule has 0 bridgehead atoms. The summed E-state index contributed by atoms with van der Waals surface area (Å²) in [4.78, 5) is 39.9. The maximum absolute atomic E-state index is 12.8. The van der Waals surface area contributed by atoms with Gasteiger partial charge in [0.05, 0.1) is 18.7 Å². The highest BCUT2D eigenvalue weighted by Crippen LogP contribution is 2.24. The molecule has 2 fully saturated rings. The van der Waals surface area contributed by atoms with Crippen LogP contribution in [0.4, 0.5) is 5.69 Å². The molecule has 0 spiro atoms. The van der Waals surface area contributed by atoms with Crippen molar-refractivity contribution in [2.75, 3.05) is 44.6 Å². The van der Waals surface area contributed by atoms with Gasteiger partial charge >= 0.3 is 0 Å². The molecule has 0 saturated carbocycles. The summed E-state index contributed by atoms with van der Waals surface area (Å²) >= 11 is 6.08. The summed E-state index contributed by atoms with van der Waals surface area (Å²) < 4.78 is 0. The van der Waals surface area contributed by atoms with E-state index in [2.05, 4.69) is 10.6 Å². The minimum Gasteiger partial charge on any atom is -0.375 e. The van der Waals surface area contributed by atoms with E-state index in [1.165, 1.54) is 4.90 Å².